The van der Waals surface area contributed by atoms with Gasteiger partial charge >= 0.3 is 5.97 Å². The summed E-state index contributed by atoms with van der Waals surface area (Å²) in [4.78, 5) is 21.7. The zero-order valence-electron chi connectivity index (χ0n) is 9.04. The van der Waals surface area contributed by atoms with Gasteiger partial charge in [0.15, 0.2) is 0 Å². The Labute approximate surface area is 84.7 Å². The quantitative estimate of drug-likeness (QED) is 0.636. The molecule has 0 saturated heterocycles. The van der Waals surface area contributed by atoms with E-state index in [1.807, 2.05) is 0 Å². The number of hydrogen-bond acceptors (Lipinski definition) is 2. The van der Waals surface area contributed by atoms with Gasteiger partial charge < -0.3 is 10.4 Å². The van der Waals surface area contributed by atoms with E-state index in [1.165, 1.54) is 6.92 Å². The molecule has 0 aliphatic carbocycles. The highest BCUT2D eigenvalue weighted by molar-refractivity contribution is 5.96. The predicted molar refractivity (Wildman–Crippen MR) is 53.9 cm³/mol. The lowest BCUT2D eigenvalue weighted by Crippen LogP contribution is -2.36. The first-order valence-corrected chi connectivity index (χ1v) is 5.03. The molecule has 14 heavy (non-hydrogen) atoms. The zero-order valence-corrected chi connectivity index (χ0v) is 9.04. The summed E-state index contributed by atoms with van der Waals surface area (Å²) >= 11 is 0. The monoisotopic (exact) mass is 201 g/mol. The first kappa shape index (κ1) is 12.9. The van der Waals surface area contributed by atoms with E-state index in [1.54, 1.807) is 0 Å². The van der Waals surface area contributed by atoms with Crippen LogP contribution in [0.25, 0.3) is 0 Å². The molecule has 0 saturated carbocycles. The Hall–Kier alpha value is -1.06. The lowest BCUT2D eigenvalue weighted by Gasteiger charge is -2.14. The van der Waals surface area contributed by atoms with Gasteiger partial charge in [0.05, 0.1) is 0 Å². The summed E-state index contributed by atoms with van der Waals surface area (Å²) in [5.74, 6) is -1.99. The van der Waals surface area contributed by atoms with Crippen molar-refractivity contribution in [3.63, 3.8) is 0 Å². The number of amides is 1. The molecule has 0 aliphatic rings. The van der Waals surface area contributed by atoms with Gasteiger partial charge in [0.1, 0.15) is 5.92 Å². The maximum atomic E-state index is 11.2. The van der Waals surface area contributed by atoms with E-state index in [0.29, 0.717) is 12.5 Å². The van der Waals surface area contributed by atoms with Gasteiger partial charge in [-0.3, -0.25) is 9.59 Å². The molecule has 0 aromatic heterocycles. The molecule has 1 atom stereocenters. The Morgan fingerprint density at radius 1 is 1.29 bits per heavy atom. The van der Waals surface area contributed by atoms with Crippen LogP contribution in [0.4, 0.5) is 0 Å². The summed E-state index contributed by atoms with van der Waals surface area (Å²) in [7, 11) is 0. The van der Waals surface area contributed by atoms with Crippen LogP contribution >= 0.6 is 0 Å². The normalized spacial score (nSPS) is 12.6. The van der Waals surface area contributed by atoms with E-state index in [-0.39, 0.29) is 0 Å². The lowest BCUT2D eigenvalue weighted by molar-refractivity contribution is -0.146. The maximum absolute atomic E-state index is 11.2. The number of aliphatic carboxylic acids is 1. The molecule has 0 aliphatic heterocycles. The number of carbonyl (C=O) groups excluding carboxylic acids is 1. The van der Waals surface area contributed by atoms with Crippen LogP contribution in [0.3, 0.4) is 0 Å². The Balaban J connectivity index is 3.89. The SMILES string of the molecule is CCC(CC)CNC(=O)C(C)C(=O)O. The van der Waals surface area contributed by atoms with E-state index < -0.39 is 17.8 Å². The lowest BCUT2D eigenvalue weighted by atomic mass is 10.0. The summed E-state index contributed by atoms with van der Waals surface area (Å²) < 4.78 is 0. The largest absolute Gasteiger partial charge is 0.481 e. The number of rotatable bonds is 6. The van der Waals surface area contributed by atoms with Crippen molar-refractivity contribution in [2.45, 2.75) is 33.6 Å². The average molecular weight is 201 g/mol. The van der Waals surface area contributed by atoms with Gasteiger partial charge in [-0.15, -0.1) is 0 Å². The fraction of sp³-hybridized carbons (Fsp3) is 0.800. The molecule has 2 N–H and O–H groups in total. The van der Waals surface area contributed by atoms with Crippen LogP contribution in [0.2, 0.25) is 0 Å². The molecule has 0 aromatic carbocycles. The van der Waals surface area contributed by atoms with Crippen molar-refractivity contribution in [3.8, 4) is 0 Å². The average Bonchev–Trinajstić information content (AvgIpc) is 2.17. The van der Waals surface area contributed by atoms with Gasteiger partial charge in [-0.1, -0.05) is 26.7 Å². The van der Waals surface area contributed by atoms with Crippen molar-refractivity contribution in [1.29, 1.82) is 0 Å². The summed E-state index contributed by atoms with van der Waals surface area (Å²) in [5.41, 5.74) is 0. The van der Waals surface area contributed by atoms with Crippen molar-refractivity contribution in [3.05, 3.63) is 0 Å². The van der Waals surface area contributed by atoms with E-state index in [4.69, 9.17) is 5.11 Å². The number of carboxylic acid groups (broad SMARTS) is 1. The minimum Gasteiger partial charge on any atom is -0.481 e. The second kappa shape index (κ2) is 6.40. The van der Waals surface area contributed by atoms with Crippen molar-refractivity contribution >= 4 is 11.9 Å². The Morgan fingerprint density at radius 3 is 2.14 bits per heavy atom. The van der Waals surface area contributed by atoms with E-state index in [9.17, 15) is 9.59 Å². The molecule has 0 bridgehead atoms. The van der Waals surface area contributed by atoms with Crippen molar-refractivity contribution in [1.82, 2.24) is 5.32 Å². The number of carboxylic acids is 1. The van der Waals surface area contributed by atoms with Gasteiger partial charge in [-0.25, -0.2) is 0 Å². The van der Waals surface area contributed by atoms with Crippen LogP contribution in [0.1, 0.15) is 33.6 Å². The zero-order chi connectivity index (χ0) is 11.1. The second-order valence-electron chi connectivity index (χ2n) is 3.49. The molecule has 4 nitrogen and oxygen atoms in total. The number of hydrogen-bond donors (Lipinski definition) is 2. The Bertz CT molecular complexity index is 200. The Morgan fingerprint density at radius 2 is 1.79 bits per heavy atom. The van der Waals surface area contributed by atoms with Crippen LogP contribution in [0.5, 0.6) is 0 Å². The van der Waals surface area contributed by atoms with Gasteiger partial charge in [-0.05, 0) is 12.8 Å². The second-order valence-corrected chi connectivity index (χ2v) is 3.49. The third-order valence-corrected chi connectivity index (χ3v) is 2.48. The van der Waals surface area contributed by atoms with Gasteiger partial charge in [0.2, 0.25) is 5.91 Å². The molecule has 0 fully saturated rings. The van der Waals surface area contributed by atoms with Crippen LogP contribution < -0.4 is 5.32 Å². The molecule has 0 heterocycles. The van der Waals surface area contributed by atoms with Crippen molar-refractivity contribution in [2.24, 2.45) is 11.8 Å². The van der Waals surface area contributed by atoms with Gasteiger partial charge in [0.25, 0.3) is 0 Å². The van der Waals surface area contributed by atoms with Crippen molar-refractivity contribution in [2.75, 3.05) is 6.54 Å². The van der Waals surface area contributed by atoms with Gasteiger partial charge in [-0.2, -0.15) is 0 Å². The van der Waals surface area contributed by atoms with Crippen molar-refractivity contribution < 1.29 is 14.7 Å². The van der Waals surface area contributed by atoms with Crippen LogP contribution in [-0.2, 0) is 9.59 Å². The molecule has 82 valence electrons. The molecule has 4 heteroatoms. The maximum Gasteiger partial charge on any atom is 0.315 e. The molecular weight excluding hydrogens is 182 g/mol. The van der Waals surface area contributed by atoms with Crippen LogP contribution in [0, 0.1) is 11.8 Å². The molecule has 1 amide bonds. The Kier molecular flexibility index (Phi) is 5.92. The smallest absolute Gasteiger partial charge is 0.315 e. The summed E-state index contributed by atoms with van der Waals surface area (Å²) in [6.07, 6.45) is 2.00. The summed E-state index contributed by atoms with van der Waals surface area (Å²) in [6, 6.07) is 0. The first-order chi connectivity index (χ1) is 6.52. The van der Waals surface area contributed by atoms with E-state index in [0.717, 1.165) is 12.8 Å². The third-order valence-electron chi connectivity index (χ3n) is 2.48. The van der Waals surface area contributed by atoms with E-state index in [2.05, 4.69) is 19.2 Å². The highest BCUT2D eigenvalue weighted by Gasteiger charge is 2.20. The topological polar surface area (TPSA) is 66.4 Å². The molecule has 0 radical (unpaired) electrons. The molecule has 1 unspecified atom stereocenters. The van der Waals surface area contributed by atoms with E-state index >= 15 is 0 Å². The minimum atomic E-state index is -1.08. The molecule has 0 aromatic rings. The minimum absolute atomic E-state index is 0.399. The summed E-state index contributed by atoms with van der Waals surface area (Å²) in [6.45, 7) is 6.08. The highest BCUT2D eigenvalue weighted by Crippen LogP contribution is 2.05. The molecule has 0 spiro atoms. The fourth-order valence-corrected chi connectivity index (χ4v) is 1.09. The van der Waals surface area contributed by atoms with Gasteiger partial charge in [0, 0.05) is 6.54 Å². The first-order valence-electron chi connectivity index (χ1n) is 5.03. The summed E-state index contributed by atoms with van der Waals surface area (Å²) in [5, 5.41) is 11.2. The predicted octanol–water partition coefficient (Wildman–Crippen LogP) is 1.26. The molecule has 0 rings (SSSR count). The standard InChI is InChI=1S/C10H19NO3/c1-4-8(5-2)6-11-9(12)7(3)10(13)14/h7-8H,4-6H2,1-3H3,(H,11,12)(H,13,14). The third kappa shape index (κ3) is 4.25. The van der Waals surface area contributed by atoms with Crippen LogP contribution in [-0.4, -0.2) is 23.5 Å². The number of carbonyl (C=O) groups is 2. The highest BCUT2D eigenvalue weighted by atomic mass is 16.4. The fourth-order valence-electron chi connectivity index (χ4n) is 1.09. The molecular formula is C10H19NO3. The van der Waals surface area contributed by atoms with Crippen LogP contribution in [0.15, 0.2) is 0 Å². The number of nitrogens with one attached hydrogen (secondary N) is 1.